The van der Waals surface area contributed by atoms with Crippen molar-refractivity contribution in [3.63, 3.8) is 0 Å². The first-order valence-electron chi connectivity index (χ1n) is 4.57. The molecule has 0 saturated heterocycles. The minimum absolute atomic E-state index is 0.122. The fourth-order valence-electron chi connectivity index (χ4n) is 1.11. The SMILES string of the molecule is CC(C)OCC(NN)c1cc(Cl)sc1Cl. The van der Waals surface area contributed by atoms with Crippen molar-refractivity contribution >= 4 is 34.5 Å². The molecule has 0 bridgehead atoms. The molecule has 0 amide bonds. The second-order valence-corrected chi connectivity index (χ2v) is 5.67. The van der Waals surface area contributed by atoms with Crippen LogP contribution in [-0.4, -0.2) is 12.7 Å². The summed E-state index contributed by atoms with van der Waals surface area (Å²) < 4.78 is 6.77. The van der Waals surface area contributed by atoms with Crippen LogP contribution in [0.15, 0.2) is 6.07 Å². The molecule has 1 unspecified atom stereocenters. The first-order valence-corrected chi connectivity index (χ1v) is 6.14. The predicted molar refractivity (Wildman–Crippen MR) is 65.5 cm³/mol. The van der Waals surface area contributed by atoms with E-state index in [4.69, 9.17) is 33.8 Å². The molecule has 0 fully saturated rings. The molecule has 3 nitrogen and oxygen atoms in total. The van der Waals surface area contributed by atoms with Crippen molar-refractivity contribution < 1.29 is 4.74 Å². The Morgan fingerprint density at radius 3 is 2.60 bits per heavy atom. The van der Waals surface area contributed by atoms with Crippen LogP contribution in [-0.2, 0) is 4.74 Å². The molecule has 0 aromatic carbocycles. The van der Waals surface area contributed by atoms with Crippen molar-refractivity contribution in [3.8, 4) is 0 Å². The Labute approximate surface area is 103 Å². The lowest BCUT2D eigenvalue weighted by molar-refractivity contribution is 0.0612. The van der Waals surface area contributed by atoms with Gasteiger partial charge in [0, 0.05) is 5.56 Å². The molecule has 1 heterocycles. The number of hydrazine groups is 1. The summed E-state index contributed by atoms with van der Waals surface area (Å²) in [6.07, 6.45) is 0.161. The van der Waals surface area contributed by atoms with E-state index in [0.29, 0.717) is 15.3 Å². The number of ether oxygens (including phenoxy) is 1. The van der Waals surface area contributed by atoms with Crippen LogP contribution < -0.4 is 11.3 Å². The van der Waals surface area contributed by atoms with Crippen LogP contribution in [0.2, 0.25) is 8.67 Å². The summed E-state index contributed by atoms with van der Waals surface area (Å²) in [6, 6.07) is 1.69. The molecule has 1 aromatic rings. The smallest absolute Gasteiger partial charge is 0.0993 e. The molecule has 1 atom stereocenters. The largest absolute Gasteiger partial charge is 0.377 e. The second-order valence-electron chi connectivity index (χ2n) is 3.38. The average Bonchev–Trinajstić information content (AvgIpc) is 2.46. The minimum Gasteiger partial charge on any atom is -0.377 e. The van der Waals surface area contributed by atoms with Gasteiger partial charge in [-0.2, -0.15) is 0 Å². The van der Waals surface area contributed by atoms with Crippen LogP contribution in [0.25, 0.3) is 0 Å². The lowest BCUT2D eigenvalue weighted by Gasteiger charge is -2.17. The van der Waals surface area contributed by atoms with Crippen molar-refractivity contribution in [2.45, 2.75) is 26.0 Å². The Bertz CT molecular complexity index is 317. The van der Waals surface area contributed by atoms with E-state index in [2.05, 4.69) is 5.43 Å². The van der Waals surface area contributed by atoms with Crippen molar-refractivity contribution in [2.75, 3.05) is 6.61 Å². The predicted octanol–water partition coefficient (Wildman–Crippen LogP) is 2.98. The molecule has 15 heavy (non-hydrogen) atoms. The third-order valence-corrected chi connectivity index (χ3v) is 3.37. The monoisotopic (exact) mass is 268 g/mol. The zero-order valence-corrected chi connectivity index (χ0v) is 10.9. The van der Waals surface area contributed by atoms with Gasteiger partial charge in [0.2, 0.25) is 0 Å². The molecule has 0 radical (unpaired) electrons. The molecule has 0 aliphatic heterocycles. The molecule has 1 rings (SSSR count). The zero-order chi connectivity index (χ0) is 11.4. The van der Waals surface area contributed by atoms with Gasteiger partial charge >= 0.3 is 0 Å². The Hall–Kier alpha value is 0.160. The van der Waals surface area contributed by atoms with Gasteiger partial charge in [-0.1, -0.05) is 23.2 Å². The molecule has 1 aromatic heterocycles. The summed E-state index contributed by atoms with van der Waals surface area (Å²) in [4.78, 5) is 0. The molecule has 0 spiro atoms. The molecular weight excluding hydrogens is 255 g/mol. The first kappa shape index (κ1) is 13.2. The maximum atomic E-state index is 6.02. The van der Waals surface area contributed by atoms with Gasteiger partial charge in [0.15, 0.2) is 0 Å². The second kappa shape index (κ2) is 6.03. The van der Waals surface area contributed by atoms with Crippen molar-refractivity contribution in [3.05, 3.63) is 20.3 Å². The van der Waals surface area contributed by atoms with Gasteiger partial charge in [-0.15, -0.1) is 11.3 Å². The van der Waals surface area contributed by atoms with Crippen LogP contribution in [0.5, 0.6) is 0 Å². The van der Waals surface area contributed by atoms with Crippen molar-refractivity contribution in [1.82, 2.24) is 5.43 Å². The maximum Gasteiger partial charge on any atom is 0.0993 e. The van der Waals surface area contributed by atoms with Crippen LogP contribution in [0.4, 0.5) is 0 Å². The number of rotatable bonds is 5. The van der Waals surface area contributed by atoms with E-state index in [-0.39, 0.29) is 12.1 Å². The Kier molecular flexibility index (Phi) is 5.32. The number of nitrogens with two attached hydrogens (primary N) is 1. The lowest BCUT2D eigenvalue weighted by atomic mass is 10.2. The van der Waals surface area contributed by atoms with Crippen molar-refractivity contribution in [1.29, 1.82) is 0 Å². The van der Waals surface area contributed by atoms with Gasteiger partial charge in [-0.05, 0) is 19.9 Å². The van der Waals surface area contributed by atoms with Crippen LogP contribution in [0.1, 0.15) is 25.5 Å². The van der Waals surface area contributed by atoms with E-state index in [1.54, 1.807) is 0 Å². The molecular formula is C9H14Cl2N2OS. The number of halogens is 2. The van der Waals surface area contributed by atoms with Gasteiger partial charge in [0.25, 0.3) is 0 Å². The van der Waals surface area contributed by atoms with Gasteiger partial charge < -0.3 is 4.74 Å². The van der Waals surface area contributed by atoms with E-state index in [9.17, 15) is 0 Å². The first-order chi connectivity index (χ1) is 7.04. The highest BCUT2D eigenvalue weighted by atomic mass is 35.5. The van der Waals surface area contributed by atoms with Gasteiger partial charge in [0.1, 0.15) is 0 Å². The molecule has 86 valence electrons. The molecule has 0 saturated carbocycles. The van der Waals surface area contributed by atoms with E-state index in [1.807, 2.05) is 19.9 Å². The van der Waals surface area contributed by atoms with Crippen LogP contribution in [0.3, 0.4) is 0 Å². The van der Waals surface area contributed by atoms with Crippen LogP contribution in [0, 0.1) is 0 Å². The van der Waals surface area contributed by atoms with E-state index >= 15 is 0 Å². The highest BCUT2D eigenvalue weighted by Gasteiger charge is 2.17. The summed E-state index contributed by atoms with van der Waals surface area (Å²) in [7, 11) is 0. The number of hydrogen-bond donors (Lipinski definition) is 2. The molecule has 0 aliphatic rings. The summed E-state index contributed by atoms with van der Waals surface area (Å²) in [5, 5.41) is 0. The fourth-order valence-corrected chi connectivity index (χ4v) is 2.69. The van der Waals surface area contributed by atoms with Crippen LogP contribution >= 0.6 is 34.5 Å². The lowest BCUT2D eigenvalue weighted by Crippen LogP contribution is -2.32. The maximum absolute atomic E-state index is 6.02. The third kappa shape index (κ3) is 3.90. The van der Waals surface area contributed by atoms with E-state index < -0.39 is 0 Å². The highest BCUT2D eigenvalue weighted by molar-refractivity contribution is 7.20. The summed E-state index contributed by atoms with van der Waals surface area (Å²) in [6.45, 7) is 4.41. The number of thiophene rings is 1. The van der Waals surface area contributed by atoms with Crippen molar-refractivity contribution in [2.24, 2.45) is 5.84 Å². The number of hydrogen-bond acceptors (Lipinski definition) is 4. The van der Waals surface area contributed by atoms with E-state index in [0.717, 1.165) is 5.56 Å². The van der Waals surface area contributed by atoms with Gasteiger partial charge in [-0.3, -0.25) is 11.3 Å². The quantitative estimate of drug-likeness (QED) is 0.638. The minimum atomic E-state index is -0.122. The Morgan fingerprint density at radius 2 is 2.20 bits per heavy atom. The molecule has 3 N–H and O–H groups in total. The zero-order valence-electron chi connectivity index (χ0n) is 8.59. The number of nitrogens with one attached hydrogen (secondary N) is 1. The standard InChI is InChI=1S/C9H14Cl2N2OS/c1-5(2)14-4-7(13-12)6-3-8(10)15-9(6)11/h3,5,7,13H,4,12H2,1-2H3. The summed E-state index contributed by atoms with van der Waals surface area (Å²) >= 11 is 13.2. The molecule has 0 aliphatic carbocycles. The third-order valence-electron chi connectivity index (χ3n) is 1.86. The summed E-state index contributed by atoms with van der Waals surface area (Å²) in [5.41, 5.74) is 3.55. The van der Waals surface area contributed by atoms with E-state index in [1.165, 1.54) is 11.3 Å². The van der Waals surface area contributed by atoms with Gasteiger partial charge in [-0.25, -0.2) is 0 Å². The topological polar surface area (TPSA) is 47.3 Å². The Balaban J connectivity index is 2.69. The fraction of sp³-hybridized carbons (Fsp3) is 0.556. The van der Waals surface area contributed by atoms with Gasteiger partial charge in [0.05, 0.1) is 27.4 Å². The Morgan fingerprint density at radius 1 is 1.53 bits per heavy atom. The highest BCUT2D eigenvalue weighted by Crippen LogP contribution is 2.34. The molecule has 6 heteroatoms. The normalized spacial score (nSPS) is 13.5. The summed E-state index contributed by atoms with van der Waals surface area (Å²) in [5.74, 6) is 5.44. The average molecular weight is 269 g/mol.